The Bertz CT molecular complexity index is 594. The molecule has 2 aromatic rings. The molecule has 3 N–H and O–H groups in total. The molecule has 0 saturated carbocycles. The number of nitrogens with two attached hydrogens (primary N) is 1. The molecule has 19 heavy (non-hydrogen) atoms. The van der Waals surface area contributed by atoms with Crippen LogP contribution < -0.4 is 11.1 Å². The number of carbonyl (C=O) groups excluding carboxylic acids is 1. The van der Waals surface area contributed by atoms with Crippen LogP contribution in [-0.2, 0) is 18.3 Å². The lowest BCUT2D eigenvalue weighted by molar-refractivity contribution is -0.120. The number of hydrogen-bond donors (Lipinski definition) is 2. The Hall–Kier alpha value is -1.95. The number of nitrogens with one attached hydrogen (secondary N) is 1. The molecule has 0 radical (unpaired) electrons. The molecule has 0 aliphatic heterocycles. The first-order chi connectivity index (χ1) is 9.13. The van der Waals surface area contributed by atoms with Gasteiger partial charge in [-0.1, -0.05) is 6.07 Å². The number of fused-ring (bicyclic) bond motifs is 1. The molecule has 0 unspecified atom stereocenters. The standard InChI is InChI=1S/C13H17FN4O/c1-18-10-4-2-3-9(14)13(10)17-11(18)6-8-16-12(19)5-7-15/h2-4H,5-8,15H2,1H3,(H,16,19). The van der Waals surface area contributed by atoms with Crippen LogP contribution in [0, 0.1) is 5.82 Å². The molecule has 0 aliphatic rings. The summed E-state index contributed by atoms with van der Waals surface area (Å²) < 4.78 is 15.4. The number of aromatic nitrogens is 2. The van der Waals surface area contributed by atoms with Crippen LogP contribution in [-0.4, -0.2) is 28.5 Å². The summed E-state index contributed by atoms with van der Waals surface area (Å²) in [4.78, 5) is 15.5. The van der Waals surface area contributed by atoms with Gasteiger partial charge in [0, 0.05) is 33.0 Å². The van der Waals surface area contributed by atoms with Crippen molar-refractivity contribution in [3.8, 4) is 0 Å². The molecule has 0 saturated heterocycles. The Kier molecular flexibility index (Phi) is 4.11. The first-order valence-electron chi connectivity index (χ1n) is 6.20. The fraction of sp³-hybridized carbons (Fsp3) is 0.385. The van der Waals surface area contributed by atoms with Crippen LogP contribution >= 0.6 is 0 Å². The van der Waals surface area contributed by atoms with E-state index in [1.165, 1.54) is 6.07 Å². The van der Waals surface area contributed by atoms with Crippen molar-refractivity contribution in [3.05, 3.63) is 29.8 Å². The molecule has 0 fully saturated rings. The molecule has 1 amide bonds. The highest BCUT2D eigenvalue weighted by molar-refractivity contribution is 5.77. The number of benzene rings is 1. The summed E-state index contributed by atoms with van der Waals surface area (Å²) >= 11 is 0. The lowest BCUT2D eigenvalue weighted by Crippen LogP contribution is -2.28. The largest absolute Gasteiger partial charge is 0.356 e. The average Bonchev–Trinajstić information content (AvgIpc) is 2.69. The summed E-state index contributed by atoms with van der Waals surface area (Å²) in [6.45, 7) is 0.806. The zero-order chi connectivity index (χ0) is 13.8. The topological polar surface area (TPSA) is 72.9 Å². The van der Waals surface area contributed by atoms with Crippen molar-refractivity contribution in [2.75, 3.05) is 13.1 Å². The van der Waals surface area contributed by atoms with Crippen LogP contribution in [0.15, 0.2) is 18.2 Å². The molecule has 5 nitrogen and oxygen atoms in total. The first-order valence-corrected chi connectivity index (χ1v) is 6.20. The molecule has 0 spiro atoms. The molecule has 1 aromatic carbocycles. The molecule has 0 bridgehead atoms. The molecule has 0 aliphatic carbocycles. The number of rotatable bonds is 5. The van der Waals surface area contributed by atoms with E-state index in [4.69, 9.17) is 5.73 Å². The molecule has 1 heterocycles. The third-order valence-corrected chi connectivity index (χ3v) is 3.00. The highest BCUT2D eigenvalue weighted by Crippen LogP contribution is 2.17. The predicted molar refractivity (Wildman–Crippen MR) is 71.1 cm³/mol. The van der Waals surface area contributed by atoms with Crippen molar-refractivity contribution in [3.63, 3.8) is 0 Å². The highest BCUT2D eigenvalue weighted by Gasteiger charge is 2.10. The Labute approximate surface area is 110 Å². The number of para-hydroxylation sites is 1. The third kappa shape index (κ3) is 2.90. The van der Waals surface area contributed by atoms with Gasteiger partial charge in [0.1, 0.15) is 11.3 Å². The predicted octanol–water partition coefficient (Wildman–Crippen LogP) is 0.720. The lowest BCUT2D eigenvalue weighted by Gasteiger charge is -2.04. The zero-order valence-electron chi connectivity index (χ0n) is 10.8. The van der Waals surface area contributed by atoms with E-state index < -0.39 is 0 Å². The van der Waals surface area contributed by atoms with Crippen LogP contribution in [0.5, 0.6) is 0 Å². The van der Waals surface area contributed by atoms with Gasteiger partial charge in [-0.05, 0) is 12.1 Å². The van der Waals surface area contributed by atoms with E-state index in [9.17, 15) is 9.18 Å². The maximum atomic E-state index is 13.6. The summed E-state index contributed by atoms with van der Waals surface area (Å²) in [5.74, 6) is 0.340. The Balaban J connectivity index is 2.07. The quantitative estimate of drug-likeness (QED) is 0.835. The normalized spacial score (nSPS) is 10.9. The minimum absolute atomic E-state index is 0.0764. The molecule has 0 atom stereocenters. The monoisotopic (exact) mass is 264 g/mol. The van der Waals surface area contributed by atoms with Crippen LogP contribution in [0.3, 0.4) is 0 Å². The second-order valence-electron chi connectivity index (χ2n) is 4.33. The van der Waals surface area contributed by atoms with Gasteiger partial charge >= 0.3 is 0 Å². The number of amides is 1. The molecule has 102 valence electrons. The van der Waals surface area contributed by atoms with Gasteiger partial charge in [-0.2, -0.15) is 0 Å². The highest BCUT2D eigenvalue weighted by atomic mass is 19.1. The van der Waals surface area contributed by atoms with Crippen molar-refractivity contribution < 1.29 is 9.18 Å². The molecule has 6 heteroatoms. The van der Waals surface area contributed by atoms with Gasteiger partial charge in [-0.15, -0.1) is 0 Å². The van der Waals surface area contributed by atoms with Crippen molar-refractivity contribution in [2.24, 2.45) is 12.8 Å². The van der Waals surface area contributed by atoms with Crippen LogP contribution in [0.25, 0.3) is 11.0 Å². The smallest absolute Gasteiger partial charge is 0.221 e. The van der Waals surface area contributed by atoms with Crippen LogP contribution in [0.1, 0.15) is 12.2 Å². The van der Waals surface area contributed by atoms with E-state index in [1.807, 2.05) is 17.7 Å². The van der Waals surface area contributed by atoms with Crippen molar-refractivity contribution >= 4 is 16.9 Å². The van der Waals surface area contributed by atoms with Gasteiger partial charge in [-0.3, -0.25) is 4.79 Å². The van der Waals surface area contributed by atoms with E-state index in [0.29, 0.717) is 31.4 Å². The van der Waals surface area contributed by atoms with Gasteiger partial charge in [0.15, 0.2) is 5.82 Å². The minimum atomic E-state index is -0.327. The number of aryl methyl sites for hydroxylation is 1. The van der Waals surface area contributed by atoms with Gasteiger partial charge in [0.25, 0.3) is 0 Å². The fourth-order valence-corrected chi connectivity index (χ4v) is 1.99. The Morgan fingerprint density at radius 2 is 2.32 bits per heavy atom. The number of carbonyl (C=O) groups is 1. The van der Waals surface area contributed by atoms with E-state index in [1.54, 1.807) is 6.07 Å². The van der Waals surface area contributed by atoms with Gasteiger partial charge in [-0.25, -0.2) is 9.37 Å². The van der Waals surface area contributed by atoms with Crippen molar-refractivity contribution in [2.45, 2.75) is 12.8 Å². The summed E-state index contributed by atoms with van der Waals surface area (Å²) in [7, 11) is 1.84. The molecule has 2 rings (SSSR count). The van der Waals surface area contributed by atoms with Gasteiger partial charge in [0.2, 0.25) is 5.91 Å². The third-order valence-electron chi connectivity index (χ3n) is 3.00. The van der Waals surface area contributed by atoms with Crippen LogP contribution in [0.4, 0.5) is 4.39 Å². The molecular weight excluding hydrogens is 247 g/mol. The zero-order valence-corrected chi connectivity index (χ0v) is 10.8. The second-order valence-corrected chi connectivity index (χ2v) is 4.33. The summed E-state index contributed by atoms with van der Waals surface area (Å²) in [6, 6.07) is 4.87. The second kappa shape index (κ2) is 5.79. The molecular formula is C13H17FN4O. The number of halogens is 1. The summed E-state index contributed by atoms with van der Waals surface area (Å²) in [6.07, 6.45) is 0.873. The van der Waals surface area contributed by atoms with E-state index in [-0.39, 0.29) is 11.7 Å². The summed E-state index contributed by atoms with van der Waals surface area (Å²) in [5.41, 5.74) is 6.41. The molecule has 1 aromatic heterocycles. The van der Waals surface area contributed by atoms with Gasteiger partial charge < -0.3 is 15.6 Å². The van der Waals surface area contributed by atoms with Crippen molar-refractivity contribution in [1.29, 1.82) is 0 Å². The fourth-order valence-electron chi connectivity index (χ4n) is 1.99. The van der Waals surface area contributed by atoms with Crippen LogP contribution in [0.2, 0.25) is 0 Å². The lowest BCUT2D eigenvalue weighted by atomic mass is 10.3. The van der Waals surface area contributed by atoms with Gasteiger partial charge in [0.05, 0.1) is 5.52 Å². The van der Waals surface area contributed by atoms with E-state index in [0.717, 1.165) is 11.3 Å². The Morgan fingerprint density at radius 1 is 1.53 bits per heavy atom. The van der Waals surface area contributed by atoms with E-state index >= 15 is 0 Å². The Morgan fingerprint density at radius 3 is 3.00 bits per heavy atom. The first kappa shape index (κ1) is 13.5. The number of hydrogen-bond acceptors (Lipinski definition) is 3. The van der Waals surface area contributed by atoms with Crippen molar-refractivity contribution in [1.82, 2.24) is 14.9 Å². The maximum absolute atomic E-state index is 13.6. The minimum Gasteiger partial charge on any atom is -0.356 e. The average molecular weight is 264 g/mol. The maximum Gasteiger partial charge on any atom is 0.221 e. The SMILES string of the molecule is Cn1c(CCNC(=O)CCN)nc2c(F)cccc21. The number of imidazole rings is 1. The number of nitrogens with zero attached hydrogens (tertiary/aromatic N) is 2. The summed E-state index contributed by atoms with van der Waals surface area (Å²) in [5, 5.41) is 2.75. The van der Waals surface area contributed by atoms with E-state index in [2.05, 4.69) is 10.3 Å².